The van der Waals surface area contributed by atoms with Crippen molar-refractivity contribution in [3.05, 3.63) is 0 Å². The van der Waals surface area contributed by atoms with E-state index >= 15 is 0 Å². The molecule has 0 saturated heterocycles. The number of carbonyl (C=O) groups is 2. The van der Waals surface area contributed by atoms with Crippen molar-refractivity contribution in [3.8, 4) is 0 Å². The topological polar surface area (TPSA) is 101 Å². The Kier molecular flexibility index (Phi) is 3.84. The Balaban J connectivity index is 4.58. The highest BCUT2D eigenvalue weighted by atomic mass is 32.2. The summed E-state index contributed by atoms with van der Waals surface area (Å²) in [5.74, 6) is -1.02. The average molecular weight is 195 g/mol. The fourth-order valence-corrected chi connectivity index (χ4v) is 1.04. The Hall–Kier alpha value is -0.950. The molecule has 0 aromatic rings. The summed E-state index contributed by atoms with van der Waals surface area (Å²) in [5, 5.41) is 0.0775. The van der Waals surface area contributed by atoms with E-state index in [2.05, 4.69) is 5.32 Å². The maximum Gasteiger partial charge on any atom is 0.283 e. The van der Waals surface area contributed by atoms with E-state index in [-0.39, 0.29) is 12.8 Å². The Morgan fingerprint density at radius 1 is 1.67 bits per heavy atom. The minimum Gasteiger partial charge on any atom is -0.355 e. The van der Waals surface area contributed by atoms with Crippen LogP contribution in [0.1, 0.15) is 6.92 Å². The Bertz CT molecular complexity index is 270. The summed E-state index contributed by atoms with van der Waals surface area (Å²) in [4.78, 5) is 20.8. The van der Waals surface area contributed by atoms with Crippen LogP contribution in [0.5, 0.6) is 0 Å². The molecule has 0 aromatic carbocycles. The number of rotatable bonds is 4. The van der Waals surface area contributed by atoms with Crippen LogP contribution in [0.15, 0.2) is 0 Å². The lowest BCUT2D eigenvalue weighted by molar-refractivity contribution is -0.123. The van der Waals surface area contributed by atoms with Gasteiger partial charge in [0, 0.05) is 6.54 Å². The first kappa shape index (κ1) is 11.1. The van der Waals surface area contributed by atoms with E-state index in [0.717, 1.165) is 0 Å². The highest BCUT2D eigenvalue weighted by molar-refractivity contribution is 7.88. The largest absolute Gasteiger partial charge is 0.355 e. The molecule has 0 rings (SSSR count). The number of hydrogen-bond acceptors (Lipinski definition) is 4. The van der Waals surface area contributed by atoms with Crippen LogP contribution in [-0.2, 0) is 19.7 Å². The number of aldehydes is 1. The Labute approximate surface area is 69.7 Å². The summed E-state index contributed by atoms with van der Waals surface area (Å²) >= 11 is 0. The normalized spacial score (nSPS) is 13.5. The number of hydrogen-bond donors (Lipinski definition) is 2. The lowest BCUT2D eigenvalue weighted by atomic mass is 10.4. The van der Waals surface area contributed by atoms with Gasteiger partial charge in [-0.3, -0.25) is 9.35 Å². The molecular weight excluding hydrogens is 186 g/mol. The molecule has 0 saturated carbocycles. The van der Waals surface area contributed by atoms with Crippen LogP contribution in [0, 0.1) is 0 Å². The minimum absolute atomic E-state index is 0.125. The third-order valence-electron chi connectivity index (χ3n) is 1.05. The molecular formula is C5H9NO5S. The van der Waals surface area contributed by atoms with Gasteiger partial charge in [0.2, 0.25) is 11.2 Å². The van der Waals surface area contributed by atoms with Crippen molar-refractivity contribution < 1.29 is 22.6 Å². The molecule has 1 unspecified atom stereocenters. The molecule has 7 heteroatoms. The van der Waals surface area contributed by atoms with Crippen LogP contribution in [0.25, 0.3) is 0 Å². The highest BCUT2D eigenvalue weighted by Gasteiger charge is 2.29. The second-order valence-electron chi connectivity index (χ2n) is 1.97. The van der Waals surface area contributed by atoms with Crippen LogP contribution < -0.4 is 5.32 Å². The Morgan fingerprint density at radius 3 is 2.42 bits per heavy atom. The smallest absolute Gasteiger partial charge is 0.283 e. The van der Waals surface area contributed by atoms with E-state index in [1.165, 1.54) is 0 Å². The molecule has 0 heterocycles. The third kappa shape index (κ3) is 2.97. The van der Waals surface area contributed by atoms with Gasteiger partial charge in [-0.1, -0.05) is 0 Å². The average Bonchev–Trinajstić information content (AvgIpc) is 1.85. The monoisotopic (exact) mass is 195 g/mol. The van der Waals surface area contributed by atoms with Crippen LogP contribution in [0.4, 0.5) is 0 Å². The van der Waals surface area contributed by atoms with Crippen molar-refractivity contribution >= 4 is 22.3 Å². The van der Waals surface area contributed by atoms with Gasteiger partial charge in [-0.05, 0) is 6.92 Å². The zero-order chi connectivity index (χ0) is 9.78. The summed E-state index contributed by atoms with van der Waals surface area (Å²) in [6.07, 6.45) is -0.125. The SMILES string of the molecule is CCNC(=O)C(C=O)S(=O)(=O)O. The maximum atomic E-state index is 10.7. The molecule has 1 atom stereocenters. The van der Waals surface area contributed by atoms with E-state index in [4.69, 9.17) is 4.55 Å². The van der Waals surface area contributed by atoms with Crippen LogP contribution in [0.2, 0.25) is 0 Å². The number of amides is 1. The van der Waals surface area contributed by atoms with Gasteiger partial charge in [0.1, 0.15) is 6.29 Å². The molecule has 0 fully saturated rings. The molecule has 0 bridgehead atoms. The first-order valence-corrected chi connectivity index (χ1v) is 4.63. The van der Waals surface area contributed by atoms with E-state index in [0.29, 0.717) is 0 Å². The molecule has 0 aromatic heterocycles. The summed E-state index contributed by atoms with van der Waals surface area (Å²) in [6.45, 7) is 1.75. The molecule has 12 heavy (non-hydrogen) atoms. The number of carbonyl (C=O) groups excluding carboxylic acids is 2. The molecule has 6 nitrogen and oxygen atoms in total. The van der Waals surface area contributed by atoms with Crippen molar-refractivity contribution in [3.63, 3.8) is 0 Å². The molecule has 70 valence electrons. The first-order chi connectivity index (χ1) is 5.43. The van der Waals surface area contributed by atoms with Crippen molar-refractivity contribution in [2.24, 2.45) is 0 Å². The van der Waals surface area contributed by atoms with Gasteiger partial charge < -0.3 is 10.1 Å². The second-order valence-corrected chi connectivity index (χ2v) is 3.50. The zero-order valence-electron chi connectivity index (χ0n) is 6.35. The van der Waals surface area contributed by atoms with Gasteiger partial charge >= 0.3 is 0 Å². The van der Waals surface area contributed by atoms with Gasteiger partial charge in [0.15, 0.2) is 0 Å². The summed E-state index contributed by atoms with van der Waals surface area (Å²) < 4.78 is 29.0. The van der Waals surface area contributed by atoms with Gasteiger partial charge in [-0.25, -0.2) is 0 Å². The van der Waals surface area contributed by atoms with Crippen LogP contribution in [0.3, 0.4) is 0 Å². The molecule has 0 aliphatic heterocycles. The summed E-state index contributed by atoms with van der Waals surface area (Å²) in [6, 6.07) is 0. The lowest BCUT2D eigenvalue weighted by Gasteiger charge is -2.05. The Morgan fingerprint density at radius 2 is 2.17 bits per heavy atom. The third-order valence-corrected chi connectivity index (χ3v) is 2.02. The fourth-order valence-electron chi connectivity index (χ4n) is 0.542. The van der Waals surface area contributed by atoms with Crippen molar-refractivity contribution in [2.45, 2.75) is 12.2 Å². The first-order valence-electron chi connectivity index (χ1n) is 3.12. The predicted molar refractivity (Wildman–Crippen MR) is 40.1 cm³/mol. The predicted octanol–water partition coefficient (Wildman–Crippen LogP) is -1.42. The lowest BCUT2D eigenvalue weighted by Crippen LogP contribution is -2.40. The summed E-state index contributed by atoms with van der Waals surface area (Å²) in [7, 11) is -4.62. The second kappa shape index (κ2) is 4.17. The van der Waals surface area contributed by atoms with E-state index in [1.807, 2.05) is 0 Å². The zero-order valence-corrected chi connectivity index (χ0v) is 7.17. The summed E-state index contributed by atoms with van der Waals surface area (Å²) in [5.41, 5.74) is 0. The molecule has 0 radical (unpaired) electrons. The van der Waals surface area contributed by atoms with Crippen LogP contribution >= 0.6 is 0 Å². The van der Waals surface area contributed by atoms with Gasteiger partial charge in [-0.15, -0.1) is 0 Å². The number of nitrogens with one attached hydrogen (secondary N) is 1. The quantitative estimate of drug-likeness (QED) is 0.325. The van der Waals surface area contributed by atoms with E-state index < -0.39 is 21.3 Å². The van der Waals surface area contributed by atoms with Crippen molar-refractivity contribution in [1.82, 2.24) is 5.32 Å². The standard InChI is InChI=1S/C5H9NO5S/c1-2-6-5(8)4(3-7)12(9,10)11/h3-4H,2H2,1H3,(H,6,8)(H,9,10,11). The molecule has 0 spiro atoms. The molecule has 2 N–H and O–H groups in total. The molecule has 0 aliphatic carbocycles. The minimum atomic E-state index is -4.62. The molecule has 0 aliphatic rings. The van der Waals surface area contributed by atoms with E-state index in [1.54, 1.807) is 6.92 Å². The van der Waals surface area contributed by atoms with Crippen molar-refractivity contribution in [2.75, 3.05) is 6.54 Å². The van der Waals surface area contributed by atoms with Gasteiger partial charge in [-0.2, -0.15) is 8.42 Å². The van der Waals surface area contributed by atoms with E-state index in [9.17, 15) is 18.0 Å². The maximum absolute atomic E-state index is 10.7. The van der Waals surface area contributed by atoms with Crippen LogP contribution in [-0.4, -0.2) is 37.0 Å². The molecule has 1 amide bonds. The highest BCUT2D eigenvalue weighted by Crippen LogP contribution is 1.94. The van der Waals surface area contributed by atoms with Crippen molar-refractivity contribution in [1.29, 1.82) is 0 Å². The van der Waals surface area contributed by atoms with Gasteiger partial charge in [0.05, 0.1) is 0 Å². The fraction of sp³-hybridized carbons (Fsp3) is 0.600. The van der Waals surface area contributed by atoms with Gasteiger partial charge in [0.25, 0.3) is 10.1 Å².